The van der Waals surface area contributed by atoms with Gasteiger partial charge in [0.05, 0.1) is 6.04 Å². The molecule has 2 unspecified atom stereocenters. The first kappa shape index (κ1) is 14.0. The van der Waals surface area contributed by atoms with E-state index >= 15 is 0 Å². The fraction of sp³-hybridized carbons (Fsp3) is 0.867. The minimum Gasteiger partial charge on any atom is -0.339 e. The summed E-state index contributed by atoms with van der Waals surface area (Å²) in [6.07, 6.45) is 7.11. The third kappa shape index (κ3) is 3.04. The van der Waals surface area contributed by atoms with Crippen molar-refractivity contribution in [3.05, 3.63) is 11.7 Å². The Bertz CT molecular complexity index is 425. The predicted octanol–water partition coefficient (Wildman–Crippen LogP) is 2.30. The van der Waals surface area contributed by atoms with E-state index in [9.17, 15) is 0 Å². The number of nitrogens with zero attached hydrogens (tertiary/aromatic N) is 3. The number of nitrogens with one attached hydrogen (secondary N) is 1. The summed E-state index contributed by atoms with van der Waals surface area (Å²) in [4.78, 5) is 7.20. The van der Waals surface area contributed by atoms with Gasteiger partial charge in [-0.05, 0) is 52.6 Å². The van der Waals surface area contributed by atoms with Crippen LogP contribution in [-0.4, -0.2) is 40.2 Å². The largest absolute Gasteiger partial charge is 0.339 e. The van der Waals surface area contributed by atoms with Crippen LogP contribution in [0.5, 0.6) is 0 Å². The Morgan fingerprint density at radius 1 is 1.30 bits per heavy atom. The van der Waals surface area contributed by atoms with Gasteiger partial charge in [-0.3, -0.25) is 4.90 Å². The summed E-state index contributed by atoms with van der Waals surface area (Å²) >= 11 is 0. The van der Waals surface area contributed by atoms with Crippen LogP contribution < -0.4 is 5.32 Å². The quantitative estimate of drug-likeness (QED) is 0.916. The summed E-state index contributed by atoms with van der Waals surface area (Å²) < 4.78 is 5.48. The van der Waals surface area contributed by atoms with E-state index in [0.717, 1.165) is 31.1 Å². The van der Waals surface area contributed by atoms with Gasteiger partial charge in [0.15, 0.2) is 5.82 Å². The van der Waals surface area contributed by atoms with E-state index in [2.05, 4.69) is 34.2 Å². The monoisotopic (exact) mass is 278 g/mol. The summed E-state index contributed by atoms with van der Waals surface area (Å²) in [5.74, 6) is 1.66. The van der Waals surface area contributed by atoms with Crippen LogP contribution >= 0.6 is 0 Å². The lowest BCUT2D eigenvalue weighted by molar-refractivity contribution is 0.105. The average molecular weight is 278 g/mol. The molecule has 2 fully saturated rings. The fourth-order valence-electron chi connectivity index (χ4n) is 3.52. The second-order valence-corrected chi connectivity index (χ2v) is 6.38. The molecule has 5 heteroatoms. The first-order valence-electron chi connectivity index (χ1n) is 8.05. The number of piperidine rings is 1. The van der Waals surface area contributed by atoms with Crippen molar-refractivity contribution in [3.63, 3.8) is 0 Å². The Labute approximate surface area is 121 Å². The van der Waals surface area contributed by atoms with Crippen LogP contribution in [-0.2, 0) is 6.42 Å². The Balaban J connectivity index is 1.64. The first-order chi connectivity index (χ1) is 9.74. The van der Waals surface area contributed by atoms with Crippen molar-refractivity contribution in [2.45, 2.75) is 70.5 Å². The first-order valence-corrected chi connectivity index (χ1v) is 8.05. The Morgan fingerprint density at radius 3 is 2.95 bits per heavy atom. The lowest BCUT2D eigenvalue weighted by atomic mass is 9.98. The van der Waals surface area contributed by atoms with Crippen LogP contribution in [0.3, 0.4) is 0 Å². The highest BCUT2D eigenvalue weighted by molar-refractivity contribution is 4.98. The van der Waals surface area contributed by atoms with Crippen molar-refractivity contribution in [2.24, 2.45) is 0 Å². The van der Waals surface area contributed by atoms with Crippen molar-refractivity contribution < 1.29 is 4.52 Å². The fourth-order valence-corrected chi connectivity index (χ4v) is 3.52. The summed E-state index contributed by atoms with van der Waals surface area (Å²) in [5, 5.41) is 7.59. The Morgan fingerprint density at radius 2 is 2.20 bits per heavy atom. The van der Waals surface area contributed by atoms with Gasteiger partial charge in [0.25, 0.3) is 0 Å². The smallest absolute Gasteiger partial charge is 0.228 e. The zero-order valence-corrected chi connectivity index (χ0v) is 12.6. The standard InChI is InChI=1S/C15H26N4O/c1-11(2)19-9-4-3-6-12(19)10-14-17-15(18-20-14)13-7-5-8-16-13/h11-13,16H,3-10H2,1-2H3. The number of rotatable bonds is 4. The molecule has 1 N–H and O–H groups in total. The van der Waals surface area contributed by atoms with E-state index in [1.165, 1.54) is 32.2 Å². The summed E-state index contributed by atoms with van der Waals surface area (Å²) in [6, 6.07) is 1.47. The van der Waals surface area contributed by atoms with E-state index in [0.29, 0.717) is 18.1 Å². The topological polar surface area (TPSA) is 54.2 Å². The van der Waals surface area contributed by atoms with Crippen molar-refractivity contribution in [1.29, 1.82) is 0 Å². The molecule has 2 atom stereocenters. The molecule has 0 spiro atoms. The van der Waals surface area contributed by atoms with E-state index in [-0.39, 0.29) is 0 Å². The molecule has 1 aromatic rings. The molecule has 3 rings (SSSR count). The van der Waals surface area contributed by atoms with Gasteiger partial charge < -0.3 is 9.84 Å². The van der Waals surface area contributed by atoms with E-state index in [1.54, 1.807) is 0 Å². The van der Waals surface area contributed by atoms with Crippen LogP contribution in [0.4, 0.5) is 0 Å². The Hall–Kier alpha value is -0.940. The SMILES string of the molecule is CC(C)N1CCCCC1Cc1nc(C2CCCN2)no1. The molecule has 3 heterocycles. The van der Waals surface area contributed by atoms with Gasteiger partial charge >= 0.3 is 0 Å². The normalized spacial score (nSPS) is 28.4. The van der Waals surface area contributed by atoms with Gasteiger partial charge in [-0.25, -0.2) is 0 Å². The van der Waals surface area contributed by atoms with E-state index < -0.39 is 0 Å². The van der Waals surface area contributed by atoms with Crippen molar-refractivity contribution >= 4 is 0 Å². The van der Waals surface area contributed by atoms with Crippen LogP contribution in [0.15, 0.2) is 4.52 Å². The maximum absolute atomic E-state index is 5.48. The molecule has 5 nitrogen and oxygen atoms in total. The van der Waals surface area contributed by atoms with Gasteiger partial charge in [0, 0.05) is 18.5 Å². The highest BCUT2D eigenvalue weighted by Crippen LogP contribution is 2.24. The van der Waals surface area contributed by atoms with Crippen molar-refractivity contribution in [3.8, 4) is 0 Å². The second-order valence-electron chi connectivity index (χ2n) is 6.38. The molecule has 2 aliphatic rings. The van der Waals surface area contributed by atoms with Gasteiger partial charge in [0.1, 0.15) is 0 Å². The van der Waals surface area contributed by atoms with Crippen LogP contribution in [0.25, 0.3) is 0 Å². The average Bonchev–Trinajstić information content (AvgIpc) is 3.09. The second kappa shape index (κ2) is 6.22. The molecule has 0 radical (unpaired) electrons. The maximum Gasteiger partial charge on any atom is 0.228 e. The highest BCUT2D eigenvalue weighted by Gasteiger charge is 2.27. The van der Waals surface area contributed by atoms with Crippen LogP contribution in [0.1, 0.15) is 63.7 Å². The van der Waals surface area contributed by atoms with E-state index in [1.807, 2.05) is 0 Å². The van der Waals surface area contributed by atoms with Gasteiger partial charge in [-0.15, -0.1) is 0 Å². The molecule has 2 aliphatic heterocycles. The lowest BCUT2D eigenvalue weighted by Gasteiger charge is -2.38. The molecule has 0 aliphatic carbocycles. The maximum atomic E-state index is 5.48. The van der Waals surface area contributed by atoms with Gasteiger partial charge in [0.2, 0.25) is 5.89 Å². The molecule has 0 aromatic carbocycles. The van der Waals surface area contributed by atoms with Gasteiger partial charge in [-0.2, -0.15) is 4.98 Å². The minimum absolute atomic E-state index is 0.306. The predicted molar refractivity (Wildman–Crippen MR) is 77.5 cm³/mol. The molecular weight excluding hydrogens is 252 g/mol. The molecule has 20 heavy (non-hydrogen) atoms. The number of hydrogen-bond donors (Lipinski definition) is 1. The number of hydrogen-bond acceptors (Lipinski definition) is 5. The zero-order chi connectivity index (χ0) is 13.9. The highest BCUT2D eigenvalue weighted by atomic mass is 16.5. The molecule has 2 saturated heterocycles. The molecule has 1 aromatic heterocycles. The molecule has 0 bridgehead atoms. The van der Waals surface area contributed by atoms with E-state index in [4.69, 9.17) is 4.52 Å². The summed E-state index contributed by atoms with van der Waals surface area (Å²) in [7, 11) is 0. The third-order valence-electron chi connectivity index (χ3n) is 4.60. The molecule has 0 amide bonds. The lowest BCUT2D eigenvalue weighted by Crippen LogP contribution is -2.45. The summed E-state index contributed by atoms with van der Waals surface area (Å²) in [6.45, 7) is 6.83. The number of likely N-dealkylation sites (tertiary alicyclic amines) is 1. The van der Waals surface area contributed by atoms with Gasteiger partial charge in [-0.1, -0.05) is 11.6 Å². The summed E-state index contributed by atoms with van der Waals surface area (Å²) in [5.41, 5.74) is 0. The number of aromatic nitrogens is 2. The third-order valence-corrected chi connectivity index (χ3v) is 4.60. The molecular formula is C15H26N4O. The molecule has 112 valence electrons. The van der Waals surface area contributed by atoms with Crippen molar-refractivity contribution in [2.75, 3.05) is 13.1 Å². The van der Waals surface area contributed by atoms with Crippen molar-refractivity contribution in [1.82, 2.24) is 20.4 Å². The molecule has 0 saturated carbocycles. The Kier molecular flexibility index (Phi) is 4.36. The zero-order valence-electron chi connectivity index (χ0n) is 12.6. The van der Waals surface area contributed by atoms with Crippen LogP contribution in [0, 0.1) is 0 Å². The van der Waals surface area contributed by atoms with Crippen LogP contribution in [0.2, 0.25) is 0 Å². The minimum atomic E-state index is 0.306.